The Morgan fingerprint density at radius 1 is 0.771 bits per heavy atom. The molecule has 0 saturated carbocycles. The van der Waals surface area contributed by atoms with E-state index in [1.165, 1.54) is 44.4 Å². The van der Waals surface area contributed by atoms with Gasteiger partial charge in [0.05, 0.1) is 16.6 Å². The number of anilines is 1. The molecule has 0 bridgehead atoms. The molecule has 5 heteroatoms. The lowest BCUT2D eigenvalue weighted by Gasteiger charge is -2.25. The highest BCUT2D eigenvalue weighted by Crippen LogP contribution is 2.48. The summed E-state index contributed by atoms with van der Waals surface area (Å²) < 4.78 is 11.7. The number of para-hydroxylation sites is 2. The highest BCUT2D eigenvalue weighted by molar-refractivity contribution is 6.13. The van der Waals surface area contributed by atoms with Crippen LogP contribution < -0.4 is 11.5 Å². The van der Waals surface area contributed by atoms with E-state index in [1.807, 2.05) is 6.07 Å². The van der Waals surface area contributed by atoms with Gasteiger partial charge in [-0.2, -0.15) is 0 Å². The van der Waals surface area contributed by atoms with Gasteiger partial charge in [0, 0.05) is 73.7 Å². The molecule has 4 N–H and O–H groups in total. The maximum atomic E-state index is 7.06. The van der Waals surface area contributed by atoms with E-state index in [4.69, 9.17) is 15.9 Å². The predicted octanol–water partition coefficient (Wildman–Crippen LogP) is 9.54. The maximum Gasteiger partial charge on any atom is 0.140 e. The first-order chi connectivity index (χ1) is 23.5. The normalized spacial score (nSPS) is 18.5. The van der Waals surface area contributed by atoms with Crippen LogP contribution in [0.15, 0.2) is 114 Å². The summed E-state index contributed by atoms with van der Waals surface area (Å²) in [4.78, 5) is 0. The molecule has 0 saturated heterocycles. The molecule has 2 atom stereocenters. The number of aromatic nitrogens is 2. The van der Waals surface area contributed by atoms with Crippen molar-refractivity contribution in [1.82, 2.24) is 9.13 Å². The number of nitrogen functional groups attached to an aromatic ring is 1. The average molecular weight is 625 g/mol. The number of hydrogen-bond donors (Lipinski definition) is 2. The largest absolute Gasteiger partial charge is 0.460 e. The number of nitrogens with two attached hydrogens (primary N) is 2. The van der Waals surface area contributed by atoms with Crippen LogP contribution in [0, 0.1) is 5.92 Å². The number of hydrogen-bond acceptors (Lipinski definition) is 3. The molecule has 3 heterocycles. The minimum Gasteiger partial charge on any atom is -0.460 e. The van der Waals surface area contributed by atoms with Crippen LogP contribution in [0.2, 0.25) is 0 Å². The summed E-state index contributed by atoms with van der Waals surface area (Å²) in [5.41, 5.74) is 27.3. The second kappa shape index (κ2) is 10.2. The van der Waals surface area contributed by atoms with E-state index in [9.17, 15) is 0 Å². The third-order valence-electron chi connectivity index (χ3n) is 10.7. The van der Waals surface area contributed by atoms with Crippen molar-refractivity contribution in [2.45, 2.75) is 38.6 Å². The molecule has 4 aromatic carbocycles. The molecule has 10 rings (SSSR count). The van der Waals surface area contributed by atoms with Gasteiger partial charge in [0.25, 0.3) is 0 Å². The molecule has 0 aliphatic heterocycles. The zero-order valence-corrected chi connectivity index (χ0v) is 26.9. The van der Waals surface area contributed by atoms with Crippen molar-refractivity contribution in [2.24, 2.45) is 11.7 Å². The number of rotatable bonds is 3. The van der Waals surface area contributed by atoms with Gasteiger partial charge >= 0.3 is 0 Å². The van der Waals surface area contributed by atoms with Gasteiger partial charge in [-0.25, -0.2) is 0 Å². The van der Waals surface area contributed by atoms with Gasteiger partial charge in [0.15, 0.2) is 0 Å². The van der Waals surface area contributed by atoms with E-state index >= 15 is 0 Å². The van der Waals surface area contributed by atoms with Crippen LogP contribution >= 0.6 is 0 Å². The van der Waals surface area contributed by atoms with Crippen LogP contribution in [0.25, 0.3) is 67.1 Å². The van der Waals surface area contributed by atoms with Crippen molar-refractivity contribution in [2.75, 3.05) is 5.73 Å². The van der Waals surface area contributed by atoms with E-state index in [-0.39, 0.29) is 6.04 Å². The molecule has 0 spiro atoms. The van der Waals surface area contributed by atoms with Crippen molar-refractivity contribution in [3.8, 4) is 17.0 Å². The van der Waals surface area contributed by atoms with Gasteiger partial charge in [-0.3, -0.25) is 0 Å². The fraction of sp³-hybridized carbons (Fsp3) is 0.163. The molecule has 0 amide bonds. The third-order valence-corrected chi connectivity index (χ3v) is 10.7. The minimum absolute atomic E-state index is 0.169. The zero-order valence-electron chi connectivity index (χ0n) is 26.9. The highest BCUT2D eigenvalue weighted by atomic mass is 16.3. The van der Waals surface area contributed by atoms with E-state index in [2.05, 4.69) is 125 Å². The molecule has 0 radical (unpaired) electrons. The average Bonchev–Trinajstić information content (AvgIpc) is 3.75. The summed E-state index contributed by atoms with van der Waals surface area (Å²) >= 11 is 0. The Morgan fingerprint density at radius 3 is 2.46 bits per heavy atom. The molecule has 3 aliphatic rings. The predicted molar refractivity (Wildman–Crippen MR) is 199 cm³/mol. The Labute approximate surface area is 279 Å². The summed E-state index contributed by atoms with van der Waals surface area (Å²) in [5, 5.41) is 3.53. The number of fused-ring (bicyclic) bond motifs is 10. The Bertz CT molecular complexity index is 2550. The van der Waals surface area contributed by atoms with Crippen LogP contribution in [0.5, 0.6) is 0 Å². The van der Waals surface area contributed by atoms with E-state index < -0.39 is 0 Å². The second-order valence-electron chi connectivity index (χ2n) is 13.7. The lowest BCUT2D eigenvalue weighted by Crippen LogP contribution is -2.27. The molecule has 3 aromatic heterocycles. The topological polar surface area (TPSA) is 75.0 Å². The molecular formula is C43H36N4O. The highest BCUT2D eigenvalue weighted by Gasteiger charge is 2.33. The fourth-order valence-corrected chi connectivity index (χ4v) is 8.57. The number of allylic oxidation sites excluding steroid dienone is 3. The van der Waals surface area contributed by atoms with Gasteiger partial charge in [-0.15, -0.1) is 0 Å². The van der Waals surface area contributed by atoms with Gasteiger partial charge in [0.1, 0.15) is 11.5 Å². The van der Waals surface area contributed by atoms with Crippen molar-refractivity contribution in [1.29, 1.82) is 0 Å². The van der Waals surface area contributed by atoms with Crippen LogP contribution in [-0.2, 0) is 19.3 Å². The van der Waals surface area contributed by atoms with Crippen molar-refractivity contribution in [3.05, 3.63) is 137 Å². The van der Waals surface area contributed by atoms with Crippen LogP contribution in [0.4, 0.5) is 5.69 Å². The standard InChI is InChI=1S/C43H36N4O/c1-25-14-17-31-32-18-21-39-41(43(32)48-40(31)22-25)34-23-26(15-19-38(34)46(39)28-8-3-2-4-9-28)29-11-7-12-35(45)42(29)47-36-13-6-5-10-30(36)33-24-27(44)16-20-37(33)47/h2-11,13-17,19-20,23-25,35H,12,18,21-22,44-45H2,1H3. The van der Waals surface area contributed by atoms with Gasteiger partial charge in [0.2, 0.25) is 0 Å². The van der Waals surface area contributed by atoms with Crippen molar-refractivity contribution >= 4 is 55.7 Å². The summed E-state index contributed by atoms with van der Waals surface area (Å²) in [5.74, 6) is 2.64. The second-order valence-corrected chi connectivity index (χ2v) is 13.7. The molecule has 3 aliphatic carbocycles. The van der Waals surface area contributed by atoms with Crippen LogP contribution in [0.3, 0.4) is 0 Å². The summed E-state index contributed by atoms with van der Waals surface area (Å²) in [6, 6.07) is 32.3. The number of nitrogens with zero attached hydrogens (tertiary/aromatic N) is 2. The minimum atomic E-state index is -0.169. The third kappa shape index (κ3) is 3.88. The molecule has 5 nitrogen and oxygen atoms in total. The van der Waals surface area contributed by atoms with E-state index in [1.54, 1.807) is 0 Å². The molecule has 7 aromatic rings. The first-order valence-corrected chi connectivity index (χ1v) is 17.1. The van der Waals surface area contributed by atoms with Crippen LogP contribution in [-0.4, -0.2) is 15.2 Å². The van der Waals surface area contributed by atoms with Crippen molar-refractivity contribution < 1.29 is 4.42 Å². The van der Waals surface area contributed by atoms with E-state index in [0.717, 1.165) is 76.1 Å². The van der Waals surface area contributed by atoms with Gasteiger partial charge in [-0.1, -0.05) is 73.7 Å². The first-order valence-electron chi connectivity index (χ1n) is 17.1. The molecule has 48 heavy (non-hydrogen) atoms. The quantitative estimate of drug-likeness (QED) is 0.192. The van der Waals surface area contributed by atoms with Gasteiger partial charge in [-0.05, 0) is 79.3 Å². The smallest absolute Gasteiger partial charge is 0.140 e. The van der Waals surface area contributed by atoms with E-state index in [0.29, 0.717) is 5.92 Å². The fourth-order valence-electron chi connectivity index (χ4n) is 8.57. The Morgan fingerprint density at radius 2 is 1.56 bits per heavy atom. The summed E-state index contributed by atoms with van der Waals surface area (Å²) in [6.45, 7) is 2.26. The lowest BCUT2D eigenvalue weighted by molar-refractivity contribution is 0.491. The molecule has 0 fully saturated rings. The summed E-state index contributed by atoms with van der Waals surface area (Å²) in [7, 11) is 0. The summed E-state index contributed by atoms with van der Waals surface area (Å²) in [6.07, 6.45) is 12.8. The van der Waals surface area contributed by atoms with Crippen molar-refractivity contribution in [3.63, 3.8) is 0 Å². The molecule has 2 unspecified atom stereocenters. The maximum absolute atomic E-state index is 7.06. The zero-order chi connectivity index (χ0) is 32.1. The SMILES string of the molecule is CC1C=Cc2c(oc3c2CCc2c-3c3cc(C4=C(n5c6ccccc6c6cc(N)ccc65)C(N)CC=C4)ccc3n2-c2ccccc2)C1. The number of furan rings is 1. The monoisotopic (exact) mass is 624 g/mol. The molecular weight excluding hydrogens is 589 g/mol. The Hall–Kier alpha value is -5.52. The Kier molecular flexibility index (Phi) is 5.88. The lowest BCUT2D eigenvalue weighted by atomic mass is 9.87. The number of benzene rings is 4. The van der Waals surface area contributed by atoms with Crippen LogP contribution in [0.1, 0.15) is 41.5 Å². The molecule has 234 valence electrons. The van der Waals surface area contributed by atoms with Gasteiger partial charge < -0.3 is 25.0 Å². The Balaban J connectivity index is 1.26. The first kappa shape index (κ1) is 27.6.